The predicted octanol–water partition coefficient (Wildman–Crippen LogP) is 2.59. The lowest BCUT2D eigenvalue weighted by Crippen LogP contribution is -2.14. The highest BCUT2D eigenvalue weighted by molar-refractivity contribution is 9.10. The minimum absolute atomic E-state index is 0.0112. The van der Waals surface area contributed by atoms with Gasteiger partial charge < -0.3 is 4.74 Å². The molecule has 0 aromatic heterocycles. The van der Waals surface area contributed by atoms with Gasteiger partial charge in [0.25, 0.3) is 0 Å². The first-order valence-corrected chi connectivity index (χ1v) is 8.36. The molecule has 0 radical (unpaired) electrons. The van der Waals surface area contributed by atoms with Crippen molar-refractivity contribution in [2.75, 3.05) is 0 Å². The lowest BCUT2D eigenvalue weighted by Gasteiger charge is -2.08. The topological polar surface area (TPSA) is 86.5 Å². The van der Waals surface area contributed by atoms with Crippen molar-refractivity contribution in [2.45, 2.75) is 11.5 Å². The molecule has 0 aliphatic heterocycles. The van der Waals surface area contributed by atoms with Crippen LogP contribution in [0.25, 0.3) is 0 Å². The van der Waals surface area contributed by atoms with Gasteiger partial charge in [0, 0.05) is 10.0 Å². The number of ether oxygens (including phenoxy) is 1. The van der Waals surface area contributed by atoms with Crippen LogP contribution in [0.5, 0.6) is 0 Å². The van der Waals surface area contributed by atoms with E-state index in [1.54, 1.807) is 6.07 Å². The molecule has 5 nitrogen and oxygen atoms in total. The fourth-order valence-corrected chi connectivity index (χ4v) is 2.62. The molecule has 0 saturated heterocycles. The predicted molar refractivity (Wildman–Crippen MR) is 81.0 cm³/mol. The van der Waals surface area contributed by atoms with Crippen molar-refractivity contribution in [3.8, 4) is 0 Å². The molecule has 0 bridgehead atoms. The molecule has 22 heavy (non-hydrogen) atoms. The quantitative estimate of drug-likeness (QED) is 0.816. The minimum atomic E-state index is -3.94. The van der Waals surface area contributed by atoms with E-state index in [4.69, 9.17) is 9.88 Å². The van der Waals surface area contributed by atoms with Crippen LogP contribution < -0.4 is 5.14 Å². The number of hydrogen-bond acceptors (Lipinski definition) is 4. The third-order valence-electron chi connectivity index (χ3n) is 2.80. The Hall–Kier alpha value is -1.77. The molecule has 0 unspecified atom stereocenters. The Morgan fingerprint density at radius 2 is 1.91 bits per heavy atom. The van der Waals surface area contributed by atoms with Gasteiger partial charge in [-0.15, -0.1) is 0 Å². The highest BCUT2D eigenvalue weighted by Crippen LogP contribution is 2.22. The van der Waals surface area contributed by atoms with Crippen LogP contribution in [0.1, 0.15) is 15.9 Å². The van der Waals surface area contributed by atoms with Crippen molar-refractivity contribution < 1.29 is 22.3 Å². The maximum absolute atomic E-state index is 13.4. The van der Waals surface area contributed by atoms with Gasteiger partial charge in [-0.25, -0.2) is 22.7 Å². The molecule has 0 aliphatic carbocycles. The van der Waals surface area contributed by atoms with E-state index in [1.807, 2.05) is 0 Å². The summed E-state index contributed by atoms with van der Waals surface area (Å²) in [5.41, 5.74) is 0.206. The van der Waals surface area contributed by atoms with Gasteiger partial charge in [-0.1, -0.05) is 18.2 Å². The molecule has 2 rings (SSSR count). The van der Waals surface area contributed by atoms with Gasteiger partial charge in [0.15, 0.2) is 0 Å². The molecular formula is C14H11BrFNO4S. The van der Waals surface area contributed by atoms with Crippen molar-refractivity contribution in [1.29, 1.82) is 0 Å². The molecule has 2 N–H and O–H groups in total. The van der Waals surface area contributed by atoms with Crippen molar-refractivity contribution in [2.24, 2.45) is 5.14 Å². The molecule has 0 atom stereocenters. The lowest BCUT2D eigenvalue weighted by atomic mass is 10.2. The van der Waals surface area contributed by atoms with E-state index in [2.05, 4.69) is 15.9 Å². The summed E-state index contributed by atoms with van der Waals surface area (Å²) in [5.74, 6) is -1.28. The smallest absolute Gasteiger partial charge is 0.339 e. The van der Waals surface area contributed by atoms with Gasteiger partial charge in [-0.2, -0.15) is 0 Å². The average Bonchev–Trinajstić information content (AvgIpc) is 2.45. The molecule has 0 heterocycles. The Morgan fingerprint density at radius 3 is 2.55 bits per heavy atom. The Morgan fingerprint density at radius 1 is 1.23 bits per heavy atom. The number of carbonyl (C=O) groups is 1. The Labute approximate surface area is 135 Å². The fraction of sp³-hybridized carbons (Fsp3) is 0.0714. The zero-order valence-electron chi connectivity index (χ0n) is 11.1. The van der Waals surface area contributed by atoms with E-state index in [0.29, 0.717) is 4.47 Å². The Balaban J connectivity index is 2.21. The van der Waals surface area contributed by atoms with Gasteiger partial charge in [0.05, 0.1) is 10.5 Å². The van der Waals surface area contributed by atoms with Gasteiger partial charge in [0.1, 0.15) is 12.4 Å². The van der Waals surface area contributed by atoms with Gasteiger partial charge in [-0.05, 0) is 40.2 Å². The molecule has 2 aromatic carbocycles. The van der Waals surface area contributed by atoms with Crippen LogP contribution in [-0.2, 0) is 21.4 Å². The summed E-state index contributed by atoms with van der Waals surface area (Å²) < 4.78 is 41.4. The first-order chi connectivity index (χ1) is 10.3. The number of primary sulfonamides is 1. The van der Waals surface area contributed by atoms with Crippen LogP contribution in [0.2, 0.25) is 0 Å². The zero-order valence-corrected chi connectivity index (χ0v) is 13.5. The summed E-state index contributed by atoms with van der Waals surface area (Å²) in [6, 6.07) is 9.60. The van der Waals surface area contributed by atoms with Crippen LogP contribution >= 0.6 is 15.9 Å². The second-order valence-electron chi connectivity index (χ2n) is 4.35. The van der Waals surface area contributed by atoms with E-state index in [0.717, 1.165) is 6.07 Å². The van der Waals surface area contributed by atoms with E-state index in [-0.39, 0.29) is 22.6 Å². The number of halogens is 2. The first-order valence-electron chi connectivity index (χ1n) is 6.02. The molecule has 0 spiro atoms. The Kier molecular flexibility index (Phi) is 4.94. The van der Waals surface area contributed by atoms with E-state index >= 15 is 0 Å². The SMILES string of the molecule is NS(=O)(=O)c1ccc(Br)c(C(=O)OCc2ccccc2F)c1. The van der Waals surface area contributed by atoms with Gasteiger partial charge in [-0.3, -0.25) is 0 Å². The van der Waals surface area contributed by atoms with Crippen LogP contribution in [0.15, 0.2) is 51.8 Å². The highest BCUT2D eigenvalue weighted by Gasteiger charge is 2.17. The third-order valence-corrected chi connectivity index (χ3v) is 4.41. The zero-order chi connectivity index (χ0) is 16.3. The number of rotatable bonds is 4. The maximum atomic E-state index is 13.4. The first kappa shape index (κ1) is 16.6. The number of carbonyl (C=O) groups excluding carboxylic acids is 1. The summed E-state index contributed by atoms with van der Waals surface area (Å²) in [7, 11) is -3.94. The van der Waals surface area contributed by atoms with E-state index < -0.39 is 21.8 Å². The normalized spacial score (nSPS) is 11.2. The minimum Gasteiger partial charge on any atom is -0.457 e. The number of hydrogen-bond donors (Lipinski definition) is 1. The average molecular weight is 388 g/mol. The number of nitrogens with two attached hydrogens (primary N) is 1. The van der Waals surface area contributed by atoms with Crippen LogP contribution in [-0.4, -0.2) is 14.4 Å². The van der Waals surface area contributed by atoms with Crippen molar-refractivity contribution in [3.63, 3.8) is 0 Å². The summed E-state index contributed by atoms with van der Waals surface area (Å²) in [4.78, 5) is 11.8. The summed E-state index contributed by atoms with van der Waals surface area (Å²) in [5, 5.41) is 5.02. The van der Waals surface area contributed by atoms with Crippen LogP contribution in [0.3, 0.4) is 0 Å². The Bertz CT molecular complexity index is 823. The molecule has 0 fully saturated rings. The van der Waals surface area contributed by atoms with Crippen LogP contribution in [0, 0.1) is 5.82 Å². The molecule has 0 amide bonds. The monoisotopic (exact) mass is 387 g/mol. The van der Waals surface area contributed by atoms with Crippen molar-refractivity contribution >= 4 is 31.9 Å². The third kappa shape index (κ3) is 3.90. The van der Waals surface area contributed by atoms with Crippen molar-refractivity contribution in [3.05, 3.63) is 63.9 Å². The molecule has 116 valence electrons. The van der Waals surface area contributed by atoms with Gasteiger partial charge >= 0.3 is 5.97 Å². The molecule has 8 heteroatoms. The standard InChI is InChI=1S/C14H11BrFNO4S/c15-12-6-5-10(22(17,19)20)7-11(12)14(18)21-8-9-3-1-2-4-13(9)16/h1-7H,8H2,(H2,17,19,20). The van der Waals surface area contributed by atoms with Crippen molar-refractivity contribution in [1.82, 2.24) is 0 Å². The fourth-order valence-electron chi connectivity index (χ4n) is 1.67. The second-order valence-corrected chi connectivity index (χ2v) is 6.77. The van der Waals surface area contributed by atoms with E-state index in [9.17, 15) is 17.6 Å². The number of sulfonamides is 1. The van der Waals surface area contributed by atoms with Crippen LogP contribution in [0.4, 0.5) is 4.39 Å². The largest absolute Gasteiger partial charge is 0.457 e. The molecular weight excluding hydrogens is 377 g/mol. The summed E-state index contributed by atoms with van der Waals surface area (Å²) >= 11 is 3.13. The maximum Gasteiger partial charge on any atom is 0.339 e. The summed E-state index contributed by atoms with van der Waals surface area (Å²) in [6.07, 6.45) is 0. The summed E-state index contributed by atoms with van der Waals surface area (Å²) in [6.45, 7) is -0.266. The van der Waals surface area contributed by atoms with Gasteiger partial charge in [0.2, 0.25) is 10.0 Å². The molecule has 2 aromatic rings. The molecule has 0 saturated carbocycles. The number of benzene rings is 2. The lowest BCUT2D eigenvalue weighted by molar-refractivity contribution is 0.0467. The second kappa shape index (κ2) is 6.55. The number of esters is 1. The molecule has 0 aliphatic rings. The van der Waals surface area contributed by atoms with E-state index in [1.165, 1.54) is 30.3 Å². The highest BCUT2D eigenvalue weighted by atomic mass is 79.9.